The van der Waals surface area contributed by atoms with Crippen LogP contribution in [0.25, 0.3) is 0 Å². The van der Waals surface area contributed by atoms with Crippen molar-refractivity contribution in [1.82, 2.24) is 9.97 Å². The lowest BCUT2D eigenvalue weighted by Crippen LogP contribution is -2.33. The number of rotatable bonds is 6. The van der Waals surface area contributed by atoms with Crippen LogP contribution in [0.2, 0.25) is 0 Å². The van der Waals surface area contributed by atoms with Crippen molar-refractivity contribution in [3.63, 3.8) is 0 Å². The normalized spacial score (nSPS) is 10.3. The highest BCUT2D eigenvalue weighted by Crippen LogP contribution is 2.18. The minimum Gasteiger partial charge on any atom is -0.297 e. The van der Waals surface area contributed by atoms with Crippen LogP contribution in [0.15, 0.2) is 12.5 Å². The van der Waals surface area contributed by atoms with E-state index in [0.717, 1.165) is 37.2 Å². The monoisotopic (exact) mass is 235 g/mol. The maximum Gasteiger partial charge on any atom is 0.228 e. The van der Waals surface area contributed by atoms with Crippen molar-refractivity contribution < 1.29 is 4.79 Å². The third kappa shape index (κ3) is 3.51. The first-order valence-corrected chi connectivity index (χ1v) is 6.33. The molecule has 4 heteroatoms. The van der Waals surface area contributed by atoms with Gasteiger partial charge in [-0.2, -0.15) is 0 Å². The van der Waals surface area contributed by atoms with Gasteiger partial charge < -0.3 is 0 Å². The van der Waals surface area contributed by atoms with Crippen LogP contribution in [0.5, 0.6) is 0 Å². The smallest absolute Gasteiger partial charge is 0.228 e. The number of aryl methyl sites for hydroxylation is 1. The summed E-state index contributed by atoms with van der Waals surface area (Å²) in [5.41, 5.74) is 1.03. The molecule has 4 nitrogen and oxygen atoms in total. The fourth-order valence-corrected chi connectivity index (χ4v) is 1.77. The Morgan fingerprint density at radius 1 is 1.29 bits per heavy atom. The second kappa shape index (κ2) is 6.99. The lowest BCUT2D eigenvalue weighted by atomic mass is 10.2. The molecule has 0 unspecified atom stereocenters. The molecule has 1 aromatic heterocycles. The van der Waals surface area contributed by atoms with Gasteiger partial charge in [-0.25, -0.2) is 9.97 Å². The van der Waals surface area contributed by atoms with Gasteiger partial charge in [-0.1, -0.05) is 20.8 Å². The van der Waals surface area contributed by atoms with Crippen LogP contribution in [-0.2, 0) is 11.2 Å². The SMILES string of the molecule is CCCC(=O)N(CCC)c1ncncc1CC. The van der Waals surface area contributed by atoms with Crippen LogP contribution < -0.4 is 4.90 Å². The molecule has 0 aliphatic rings. The Bertz CT molecular complexity index is 365. The highest BCUT2D eigenvalue weighted by molar-refractivity contribution is 5.92. The molecule has 0 aliphatic carbocycles. The van der Waals surface area contributed by atoms with Crippen molar-refractivity contribution in [2.45, 2.75) is 46.5 Å². The zero-order valence-corrected chi connectivity index (χ0v) is 10.9. The minimum atomic E-state index is 0.155. The van der Waals surface area contributed by atoms with Crippen molar-refractivity contribution in [2.75, 3.05) is 11.4 Å². The molecular formula is C13H21N3O. The van der Waals surface area contributed by atoms with Gasteiger partial charge in [-0.15, -0.1) is 0 Å². The van der Waals surface area contributed by atoms with Gasteiger partial charge in [0.05, 0.1) is 0 Å². The van der Waals surface area contributed by atoms with Gasteiger partial charge in [0.1, 0.15) is 12.1 Å². The van der Waals surface area contributed by atoms with Gasteiger partial charge in [0, 0.05) is 24.7 Å². The fourth-order valence-electron chi connectivity index (χ4n) is 1.77. The summed E-state index contributed by atoms with van der Waals surface area (Å²) >= 11 is 0. The number of carbonyl (C=O) groups excluding carboxylic acids is 1. The van der Waals surface area contributed by atoms with Crippen molar-refractivity contribution in [1.29, 1.82) is 0 Å². The first kappa shape index (κ1) is 13.6. The van der Waals surface area contributed by atoms with E-state index in [-0.39, 0.29) is 5.91 Å². The zero-order valence-electron chi connectivity index (χ0n) is 10.9. The molecule has 0 spiro atoms. The van der Waals surface area contributed by atoms with Crippen LogP contribution in [0.1, 0.15) is 45.6 Å². The zero-order chi connectivity index (χ0) is 12.7. The maximum absolute atomic E-state index is 12.1. The van der Waals surface area contributed by atoms with Crippen LogP contribution in [-0.4, -0.2) is 22.4 Å². The number of hydrogen-bond donors (Lipinski definition) is 0. The molecule has 17 heavy (non-hydrogen) atoms. The van der Waals surface area contributed by atoms with Crippen LogP contribution >= 0.6 is 0 Å². The summed E-state index contributed by atoms with van der Waals surface area (Å²) in [4.78, 5) is 22.1. The van der Waals surface area contributed by atoms with E-state index in [2.05, 4.69) is 23.8 Å². The van der Waals surface area contributed by atoms with E-state index in [0.29, 0.717) is 6.42 Å². The number of hydrogen-bond acceptors (Lipinski definition) is 3. The van der Waals surface area contributed by atoms with Gasteiger partial charge in [-0.3, -0.25) is 9.69 Å². The van der Waals surface area contributed by atoms with Crippen LogP contribution in [0, 0.1) is 0 Å². The highest BCUT2D eigenvalue weighted by atomic mass is 16.2. The van der Waals surface area contributed by atoms with Crippen LogP contribution in [0.3, 0.4) is 0 Å². The lowest BCUT2D eigenvalue weighted by molar-refractivity contribution is -0.118. The summed E-state index contributed by atoms with van der Waals surface area (Å²) in [6, 6.07) is 0. The maximum atomic E-state index is 12.1. The average molecular weight is 235 g/mol. The van der Waals surface area contributed by atoms with Crippen molar-refractivity contribution in [3.05, 3.63) is 18.1 Å². The van der Waals surface area contributed by atoms with E-state index in [9.17, 15) is 4.79 Å². The van der Waals surface area contributed by atoms with E-state index in [1.807, 2.05) is 6.92 Å². The van der Waals surface area contributed by atoms with Gasteiger partial charge in [0.2, 0.25) is 5.91 Å². The third-order valence-electron chi connectivity index (χ3n) is 2.61. The minimum absolute atomic E-state index is 0.155. The predicted molar refractivity (Wildman–Crippen MR) is 69.0 cm³/mol. The Morgan fingerprint density at radius 3 is 2.65 bits per heavy atom. The molecular weight excluding hydrogens is 214 g/mol. The second-order valence-electron chi connectivity index (χ2n) is 4.02. The van der Waals surface area contributed by atoms with E-state index in [1.54, 1.807) is 11.1 Å². The summed E-state index contributed by atoms with van der Waals surface area (Å²) in [6.07, 6.45) is 6.53. The molecule has 0 atom stereocenters. The molecule has 1 amide bonds. The van der Waals surface area contributed by atoms with E-state index in [1.165, 1.54) is 6.33 Å². The molecule has 0 saturated heterocycles. The Kier molecular flexibility index (Phi) is 5.60. The first-order chi connectivity index (χ1) is 8.24. The topological polar surface area (TPSA) is 46.1 Å². The Labute approximate surface area is 103 Å². The standard InChI is InChI=1S/C13H21N3O/c1-4-7-12(17)16(8-5-2)13-11(6-3)9-14-10-15-13/h9-10H,4-8H2,1-3H3. The average Bonchev–Trinajstić information content (AvgIpc) is 2.36. The van der Waals surface area contributed by atoms with Crippen LogP contribution in [0.4, 0.5) is 5.82 Å². The largest absolute Gasteiger partial charge is 0.297 e. The lowest BCUT2D eigenvalue weighted by Gasteiger charge is -2.22. The van der Waals surface area contributed by atoms with E-state index in [4.69, 9.17) is 0 Å². The third-order valence-corrected chi connectivity index (χ3v) is 2.61. The summed E-state index contributed by atoms with van der Waals surface area (Å²) in [5.74, 6) is 0.936. The molecule has 0 aromatic carbocycles. The molecule has 0 N–H and O–H groups in total. The molecule has 1 aromatic rings. The summed E-state index contributed by atoms with van der Waals surface area (Å²) < 4.78 is 0. The van der Waals surface area contributed by atoms with Crippen molar-refractivity contribution >= 4 is 11.7 Å². The number of carbonyl (C=O) groups is 1. The second-order valence-corrected chi connectivity index (χ2v) is 4.02. The number of aromatic nitrogens is 2. The summed E-state index contributed by atoms with van der Waals surface area (Å²) in [5, 5.41) is 0. The quantitative estimate of drug-likeness (QED) is 0.761. The molecule has 0 saturated carbocycles. The summed E-state index contributed by atoms with van der Waals surface area (Å²) in [6.45, 7) is 6.86. The number of nitrogens with zero attached hydrogens (tertiary/aromatic N) is 3. The molecule has 1 rings (SSSR count). The highest BCUT2D eigenvalue weighted by Gasteiger charge is 2.17. The molecule has 0 bridgehead atoms. The summed E-state index contributed by atoms with van der Waals surface area (Å²) in [7, 11) is 0. The molecule has 94 valence electrons. The first-order valence-electron chi connectivity index (χ1n) is 6.33. The molecule has 0 aliphatic heterocycles. The van der Waals surface area contributed by atoms with E-state index < -0.39 is 0 Å². The van der Waals surface area contributed by atoms with Gasteiger partial charge >= 0.3 is 0 Å². The van der Waals surface area contributed by atoms with Gasteiger partial charge in [0.15, 0.2) is 0 Å². The van der Waals surface area contributed by atoms with Crippen molar-refractivity contribution in [3.8, 4) is 0 Å². The van der Waals surface area contributed by atoms with Crippen molar-refractivity contribution in [2.24, 2.45) is 0 Å². The Hall–Kier alpha value is -1.45. The van der Waals surface area contributed by atoms with Gasteiger partial charge in [-0.05, 0) is 19.3 Å². The Balaban J connectivity index is 3.00. The van der Waals surface area contributed by atoms with Gasteiger partial charge in [0.25, 0.3) is 0 Å². The number of anilines is 1. The molecule has 1 heterocycles. The Morgan fingerprint density at radius 2 is 2.06 bits per heavy atom. The molecule has 0 fully saturated rings. The number of amides is 1. The fraction of sp³-hybridized carbons (Fsp3) is 0.615. The predicted octanol–water partition coefficient (Wildman–Crippen LogP) is 2.58. The van der Waals surface area contributed by atoms with E-state index >= 15 is 0 Å². The molecule has 0 radical (unpaired) electrons.